The minimum Gasteiger partial charge on any atom is -0.481 e. The van der Waals surface area contributed by atoms with Crippen molar-refractivity contribution < 1.29 is 39.1 Å². The van der Waals surface area contributed by atoms with Gasteiger partial charge >= 0.3 is 5.97 Å². The molecule has 0 saturated heterocycles. The smallest absolute Gasteiger partial charge is 0.303 e. The molecule has 0 fully saturated rings. The van der Waals surface area contributed by atoms with Gasteiger partial charge in [0.2, 0.25) is 0 Å². The molecule has 0 bridgehead atoms. The average molecular weight is 920 g/mol. The first-order valence-corrected chi connectivity index (χ1v) is 24.5. The number of unbranched alkanes of at least 4 members (excludes halogenated alkanes) is 2. The van der Waals surface area contributed by atoms with Crippen LogP contribution in [0.3, 0.4) is 0 Å². The van der Waals surface area contributed by atoms with Gasteiger partial charge in [-0.15, -0.1) is 0 Å². The molecule has 10 N–H and O–H groups in total. The number of carboxylic acid groups (broad SMARTS) is 1. The number of hydrazine groups is 1. The maximum atomic E-state index is 10.5. The Bertz CT molecular complexity index is 1230. The number of aliphatic hydroxyl groups excluding tert-OH is 2. The van der Waals surface area contributed by atoms with E-state index in [9.17, 15) is 15.0 Å². The van der Waals surface area contributed by atoms with Gasteiger partial charge in [0.05, 0.1) is 82.0 Å². The third-order valence-corrected chi connectivity index (χ3v) is 13.7. The van der Waals surface area contributed by atoms with Crippen molar-refractivity contribution in [2.75, 3.05) is 65.9 Å². The minimum absolute atomic E-state index is 0.0462. The van der Waals surface area contributed by atoms with Gasteiger partial charge in [-0.2, -0.15) is 0 Å². The molecule has 386 valence electrons. The van der Waals surface area contributed by atoms with E-state index in [4.69, 9.17) is 41.4 Å². The first-order valence-electron chi connectivity index (χ1n) is 24.5. The Morgan fingerprint density at radius 3 is 1.73 bits per heavy atom. The molecule has 13 nitrogen and oxygen atoms in total. The molecular weight excluding hydrogens is 811 g/mol. The molecule has 0 aliphatic heterocycles. The number of nitrogens with zero attached hydrogens (tertiary/aromatic N) is 1. The van der Waals surface area contributed by atoms with Crippen LogP contribution in [0.1, 0.15) is 190 Å². The average Bonchev–Trinajstić information content (AvgIpc) is 3.23. The maximum absolute atomic E-state index is 10.5. The summed E-state index contributed by atoms with van der Waals surface area (Å²) >= 11 is 0. The summed E-state index contributed by atoms with van der Waals surface area (Å²) < 4.78 is 23.8. The molecule has 2 unspecified atom stereocenters. The van der Waals surface area contributed by atoms with Gasteiger partial charge in [-0.3, -0.25) is 4.79 Å². The largest absolute Gasteiger partial charge is 0.481 e. The third-order valence-electron chi connectivity index (χ3n) is 13.7. The highest BCUT2D eigenvalue weighted by Gasteiger charge is 2.43. The van der Waals surface area contributed by atoms with Crippen LogP contribution in [0.2, 0.25) is 0 Å². The lowest BCUT2D eigenvalue weighted by Gasteiger charge is -2.47. The summed E-state index contributed by atoms with van der Waals surface area (Å²) in [4.78, 5) is 10.5. The van der Waals surface area contributed by atoms with E-state index >= 15 is 0 Å². The summed E-state index contributed by atoms with van der Waals surface area (Å²) in [6.07, 6.45) is 9.90. The minimum atomic E-state index is -0.744. The third kappa shape index (κ3) is 28.8. The van der Waals surface area contributed by atoms with Crippen molar-refractivity contribution in [3.05, 3.63) is 23.8 Å². The standard InChI is InChI=1S/C24H51N3O4.C23H46N2O4.2C2H6/c1-11-24(10,18-31-23(8,9)22(6,7)19(2)3)17-29-15-20(25)14-27(26)12-13-30-21(4,5)16-28;1-7-21(3,4)22(5,6)16-23(8-2,17-26)18-29-15-19(24)14-25-13-11-9-10-12-20(27)28;2*1-2/h14,19,28H,11-13,15-18,25-26H2,1-10H3;14,25-26H,7-13,15-18,24H2,1-6H3,(H,27,28);2*1-2H3/b20-14-;19-14-;;. The number of nitrogens with two attached hydrogens (primary N) is 3. The number of rotatable bonds is 33. The summed E-state index contributed by atoms with van der Waals surface area (Å²) in [5, 5.41) is 32.6. The molecule has 0 aromatic heterocycles. The number of nitrogens with one attached hydrogen (secondary N) is 1. The summed E-state index contributed by atoms with van der Waals surface area (Å²) in [5.41, 5.74) is 12.4. The Morgan fingerprint density at radius 1 is 0.719 bits per heavy atom. The van der Waals surface area contributed by atoms with Crippen molar-refractivity contribution in [2.45, 2.75) is 201 Å². The molecule has 0 aromatic rings. The van der Waals surface area contributed by atoms with E-state index in [1.54, 1.807) is 12.4 Å². The molecule has 0 aliphatic carbocycles. The zero-order chi connectivity index (χ0) is 51.1. The summed E-state index contributed by atoms with van der Waals surface area (Å²) in [6, 6.07) is 0. The Morgan fingerprint density at radius 2 is 1.27 bits per heavy atom. The van der Waals surface area contributed by atoms with Gasteiger partial charge in [0.15, 0.2) is 0 Å². The highest BCUT2D eigenvalue weighted by Crippen LogP contribution is 2.49. The van der Waals surface area contributed by atoms with Crippen LogP contribution in [0.25, 0.3) is 0 Å². The van der Waals surface area contributed by atoms with Crippen LogP contribution in [0.4, 0.5) is 0 Å². The number of ether oxygens (including phenoxy) is 4. The molecule has 2 atom stereocenters. The van der Waals surface area contributed by atoms with Crippen molar-refractivity contribution in [2.24, 2.45) is 50.3 Å². The van der Waals surface area contributed by atoms with Crippen molar-refractivity contribution in [1.82, 2.24) is 10.3 Å². The summed E-state index contributed by atoms with van der Waals surface area (Å²) in [7, 11) is 0. The highest BCUT2D eigenvalue weighted by molar-refractivity contribution is 5.66. The Kier molecular flexibility index (Phi) is 36.6. The van der Waals surface area contributed by atoms with Crippen LogP contribution < -0.4 is 22.6 Å². The number of carbonyl (C=O) groups is 1. The topological polar surface area (TPSA) is 208 Å². The van der Waals surface area contributed by atoms with Crippen LogP contribution in [0, 0.1) is 33.0 Å². The number of aliphatic hydroxyl groups is 2. The van der Waals surface area contributed by atoms with E-state index in [2.05, 4.69) is 102 Å². The van der Waals surface area contributed by atoms with Gasteiger partial charge in [-0.05, 0) is 82.0 Å². The van der Waals surface area contributed by atoms with Crippen LogP contribution in [-0.4, -0.2) is 103 Å². The first kappa shape index (κ1) is 68.5. The number of carboxylic acids is 1. The van der Waals surface area contributed by atoms with E-state index < -0.39 is 11.6 Å². The van der Waals surface area contributed by atoms with Crippen LogP contribution in [0.15, 0.2) is 23.8 Å². The molecule has 0 radical (unpaired) electrons. The molecule has 0 heterocycles. The lowest BCUT2D eigenvalue weighted by Crippen LogP contribution is -2.47. The Balaban J connectivity index is -0.000000522. The van der Waals surface area contributed by atoms with E-state index in [1.807, 2.05) is 41.5 Å². The fourth-order valence-electron chi connectivity index (χ4n) is 6.14. The quantitative estimate of drug-likeness (QED) is 0.0186. The molecular formula is C51H109N5O8. The molecule has 0 amide bonds. The van der Waals surface area contributed by atoms with Crippen molar-refractivity contribution in [3.8, 4) is 0 Å². The number of hydrogen-bond donors (Lipinski definition) is 7. The lowest BCUT2D eigenvalue weighted by molar-refractivity contribution is -0.146. The Hall–Kier alpha value is -2.13. The van der Waals surface area contributed by atoms with Gasteiger partial charge in [0.25, 0.3) is 0 Å². The van der Waals surface area contributed by atoms with Gasteiger partial charge in [-0.1, -0.05) is 124 Å². The number of hydrogen-bond acceptors (Lipinski definition) is 12. The van der Waals surface area contributed by atoms with Crippen molar-refractivity contribution >= 4 is 5.97 Å². The van der Waals surface area contributed by atoms with Gasteiger partial charge in [0.1, 0.15) is 0 Å². The second-order valence-electron chi connectivity index (χ2n) is 20.7. The van der Waals surface area contributed by atoms with Crippen molar-refractivity contribution in [3.63, 3.8) is 0 Å². The van der Waals surface area contributed by atoms with E-state index in [-0.39, 0.29) is 52.3 Å². The monoisotopic (exact) mass is 920 g/mol. The van der Waals surface area contributed by atoms with Crippen molar-refractivity contribution in [1.29, 1.82) is 0 Å². The summed E-state index contributed by atoms with van der Waals surface area (Å²) in [5.74, 6) is 5.72. The zero-order valence-electron chi connectivity index (χ0n) is 45.5. The molecule has 0 aliphatic rings. The molecule has 0 saturated carbocycles. The molecule has 0 aromatic carbocycles. The highest BCUT2D eigenvalue weighted by atomic mass is 16.5. The predicted molar refractivity (Wildman–Crippen MR) is 270 cm³/mol. The molecule has 0 rings (SSSR count). The summed E-state index contributed by atoms with van der Waals surface area (Å²) in [6.45, 7) is 46.8. The zero-order valence-corrected chi connectivity index (χ0v) is 45.5. The van der Waals surface area contributed by atoms with E-state index in [0.717, 1.165) is 45.1 Å². The first-order chi connectivity index (χ1) is 29.5. The Labute approximate surface area is 395 Å². The van der Waals surface area contributed by atoms with E-state index in [1.165, 1.54) is 5.01 Å². The fourth-order valence-corrected chi connectivity index (χ4v) is 6.14. The molecule has 13 heteroatoms. The maximum Gasteiger partial charge on any atom is 0.303 e. The van der Waals surface area contributed by atoms with Crippen LogP contribution in [-0.2, 0) is 23.7 Å². The van der Waals surface area contributed by atoms with Gasteiger partial charge in [-0.25, -0.2) is 5.84 Å². The predicted octanol–water partition coefficient (Wildman–Crippen LogP) is 9.99. The van der Waals surface area contributed by atoms with E-state index in [0.29, 0.717) is 69.9 Å². The number of aliphatic carboxylic acids is 1. The second kappa shape index (κ2) is 34.2. The second-order valence-corrected chi connectivity index (χ2v) is 20.7. The van der Waals surface area contributed by atoms with Crippen LogP contribution >= 0.6 is 0 Å². The molecule has 0 spiro atoms. The normalized spacial score (nSPS) is 14.8. The van der Waals surface area contributed by atoms with Gasteiger partial charge < -0.3 is 56.1 Å². The molecule has 64 heavy (non-hydrogen) atoms. The van der Waals surface area contributed by atoms with Crippen LogP contribution in [0.5, 0.6) is 0 Å². The lowest BCUT2D eigenvalue weighted by atomic mass is 9.59. The fraction of sp³-hybridized carbons (Fsp3) is 0.902. The van der Waals surface area contributed by atoms with Gasteiger partial charge in [0, 0.05) is 36.2 Å². The SMILES string of the molecule is CC.CC.CCC(C)(COC/C(N)=C/N(N)CCOC(C)(C)CO)COC(C)(C)C(C)(C)C(C)C.CCC(CO)(COC/C(N)=C/NCCCCCC(=O)O)CC(C)(C)C(C)(C)CC.